The third-order valence-corrected chi connectivity index (χ3v) is 5.45. The van der Waals surface area contributed by atoms with Gasteiger partial charge in [-0.25, -0.2) is 4.39 Å². The van der Waals surface area contributed by atoms with Crippen LogP contribution in [0.25, 0.3) is 0 Å². The first kappa shape index (κ1) is 20.1. The van der Waals surface area contributed by atoms with Crippen molar-refractivity contribution in [1.29, 1.82) is 0 Å². The van der Waals surface area contributed by atoms with Gasteiger partial charge in [-0.15, -0.1) is 23.4 Å². The fourth-order valence-electron chi connectivity index (χ4n) is 2.72. The maximum Gasteiger partial charge on any atom is 0.213 e. The van der Waals surface area contributed by atoms with Gasteiger partial charge in [-0.1, -0.05) is 85.5 Å². The maximum absolute atomic E-state index is 13.3. The number of hydrogen-bond acceptors (Lipinski definition) is 1. The lowest BCUT2D eigenvalue weighted by atomic mass is 9.38. The summed E-state index contributed by atoms with van der Waals surface area (Å²) in [4.78, 5) is 1.28. The van der Waals surface area contributed by atoms with E-state index in [-0.39, 0.29) is 6.71 Å². The van der Waals surface area contributed by atoms with E-state index in [0.29, 0.717) is 5.25 Å². The zero-order valence-corrected chi connectivity index (χ0v) is 16.6. The largest absolute Gasteiger partial charge is 0.246 e. The van der Waals surface area contributed by atoms with Crippen molar-refractivity contribution in [1.82, 2.24) is 0 Å². The molecule has 0 saturated heterocycles. The second-order valence-corrected chi connectivity index (χ2v) is 8.64. The van der Waals surface area contributed by atoms with Crippen molar-refractivity contribution in [3.8, 4) is 0 Å². The Kier molecular flexibility index (Phi) is 8.12. The molecule has 0 heterocycles. The van der Waals surface area contributed by atoms with E-state index in [9.17, 15) is 4.39 Å². The second-order valence-electron chi connectivity index (χ2n) is 6.49. The molecule has 0 aliphatic rings. The van der Waals surface area contributed by atoms with Crippen LogP contribution < -0.4 is 10.9 Å². The van der Waals surface area contributed by atoms with E-state index < -0.39 is 11.5 Å². The summed E-state index contributed by atoms with van der Waals surface area (Å²) in [6.45, 7) is 6.13. The molecular weight excluding hydrogens is 350 g/mol. The highest BCUT2D eigenvalue weighted by Crippen LogP contribution is 2.21. The van der Waals surface area contributed by atoms with Gasteiger partial charge in [-0.05, 0) is 19.3 Å². The highest BCUT2D eigenvalue weighted by molar-refractivity contribution is 7.99. The van der Waals surface area contributed by atoms with Gasteiger partial charge in [0.1, 0.15) is 6.17 Å². The molecule has 2 unspecified atom stereocenters. The van der Waals surface area contributed by atoms with Crippen molar-refractivity contribution in [2.24, 2.45) is 0 Å². The number of hydrogen-bond donors (Lipinski definition) is 0. The van der Waals surface area contributed by atoms with Crippen LogP contribution in [0.3, 0.4) is 0 Å². The highest BCUT2D eigenvalue weighted by atomic mass is 35.5. The summed E-state index contributed by atoms with van der Waals surface area (Å²) in [5, 5.41) is -0.0207. The minimum Gasteiger partial charge on any atom is -0.246 e. The third kappa shape index (κ3) is 6.56. The monoisotopic (exact) mass is 374 g/mol. The Morgan fingerprint density at radius 3 is 2.36 bits per heavy atom. The first-order valence-corrected chi connectivity index (χ1v) is 10.1. The topological polar surface area (TPSA) is 0 Å². The average molecular weight is 375 g/mol. The lowest BCUT2D eigenvalue weighted by Crippen LogP contribution is -2.41. The summed E-state index contributed by atoms with van der Waals surface area (Å²) < 4.78 is 13.3. The molecule has 0 amide bonds. The third-order valence-electron chi connectivity index (χ3n) is 3.96. The molecule has 2 aromatic rings. The van der Waals surface area contributed by atoms with E-state index >= 15 is 0 Å². The summed E-state index contributed by atoms with van der Waals surface area (Å²) in [6.07, 6.45) is 3.54. The Bertz CT molecular complexity index is 673. The molecule has 0 aromatic heterocycles. The molecule has 0 radical (unpaired) electrons. The normalized spacial score (nSPS) is 14.0. The van der Waals surface area contributed by atoms with Crippen LogP contribution in [-0.4, -0.2) is 23.5 Å². The molecule has 0 N–H and O–H groups in total. The number of halogens is 2. The number of rotatable bonds is 8. The molecule has 2 rings (SSSR count). The second kappa shape index (κ2) is 10.1. The zero-order valence-electron chi connectivity index (χ0n) is 15.0. The Labute approximate surface area is 160 Å². The molecule has 0 saturated carbocycles. The summed E-state index contributed by atoms with van der Waals surface area (Å²) in [6, 6.07) is 19.2. The number of allylic oxidation sites excluding steroid dienone is 2. The first-order chi connectivity index (χ1) is 12.0. The van der Waals surface area contributed by atoms with Crippen LogP contribution in [0.15, 0.2) is 71.6 Å². The van der Waals surface area contributed by atoms with E-state index in [1.54, 1.807) is 6.08 Å². The maximum atomic E-state index is 13.3. The quantitative estimate of drug-likeness (QED) is 0.261. The van der Waals surface area contributed by atoms with Gasteiger partial charge in [0.05, 0.1) is 5.38 Å². The predicted molar refractivity (Wildman–Crippen MR) is 113 cm³/mol. The minimum absolute atomic E-state index is 0.240. The Hall–Kier alpha value is -1.19. The van der Waals surface area contributed by atoms with Gasteiger partial charge in [0, 0.05) is 10.1 Å². The van der Waals surface area contributed by atoms with Crippen molar-refractivity contribution in [3.63, 3.8) is 0 Å². The number of benzene rings is 2. The van der Waals surface area contributed by atoms with E-state index in [0.717, 1.165) is 6.32 Å². The fourth-order valence-corrected chi connectivity index (χ4v) is 3.73. The first-order valence-electron chi connectivity index (χ1n) is 8.73. The van der Waals surface area contributed by atoms with Crippen molar-refractivity contribution in [2.75, 3.05) is 0 Å². The van der Waals surface area contributed by atoms with Crippen LogP contribution in [0.1, 0.15) is 20.8 Å². The van der Waals surface area contributed by atoms with Crippen molar-refractivity contribution < 1.29 is 4.39 Å². The molecule has 4 heteroatoms. The van der Waals surface area contributed by atoms with E-state index in [1.165, 1.54) is 22.7 Å². The molecule has 0 bridgehead atoms. The highest BCUT2D eigenvalue weighted by Gasteiger charge is 2.18. The molecule has 0 aliphatic heterocycles. The molecule has 132 valence electrons. The molecule has 25 heavy (non-hydrogen) atoms. The average Bonchev–Trinajstić information content (AvgIpc) is 2.59. The standard InChI is InChI=1S/C21H25BClFS/c1-16(2)25-20-12-7-11-19(15-20)22(18-9-5-4-6-10-18)14-8-13-21(23)17(3)24/h4-13,15-17,21H,14H2,1-3H3. The molecule has 0 fully saturated rings. The zero-order chi connectivity index (χ0) is 18.2. The Balaban J connectivity index is 2.26. The van der Waals surface area contributed by atoms with Crippen molar-refractivity contribution in [2.45, 2.75) is 48.8 Å². The summed E-state index contributed by atoms with van der Waals surface area (Å²) in [5.41, 5.74) is 2.54. The minimum atomic E-state index is -1.04. The van der Waals surface area contributed by atoms with E-state index in [1.807, 2.05) is 23.9 Å². The van der Waals surface area contributed by atoms with Gasteiger partial charge in [0.25, 0.3) is 0 Å². The lowest BCUT2D eigenvalue weighted by Gasteiger charge is -2.15. The van der Waals surface area contributed by atoms with Gasteiger partial charge >= 0.3 is 0 Å². The molecule has 2 atom stereocenters. The van der Waals surface area contributed by atoms with Gasteiger partial charge < -0.3 is 0 Å². The summed E-state index contributed by atoms with van der Waals surface area (Å²) in [7, 11) is 0. The summed E-state index contributed by atoms with van der Waals surface area (Å²) >= 11 is 7.88. The Morgan fingerprint density at radius 2 is 1.72 bits per heavy atom. The Morgan fingerprint density at radius 1 is 1.04 bits per heavy atom. The van der Waals surface area contributed by atoms with Crippen LogP contribution in [0.5, 0.6) is 0 Å². The molecule has 0 aliphatic carbocycles. The smallest absolute Gasteiger partial charge is 0.213 e. The molecule has 0 spiro atoms. The van der Waals surface area contributed by atoms with Crippen LogP contribution in [0.2, 0.25) is 6.32 Å². The van der Waals surface area contributed by atoms with Crippen molar-refractivity contribution >= 4 is 41.0 Å². The molecule has 2 aromatic carbocycles. The van der Waals surface area contributed by atoms with Gasteiger partial charge in [-0.2, -0.15) is 0 Å². The molecular formula is C21H25BClFS. The van der Waals surface area contributed by atoms with Crippen LogP contribution >= 0.6 is 23.4 Å². The van der Waals surface area contributed by atoms with Gasteiger partial charge in [0.15, 0.2) is 0 Å². The van der Waals surface area contributed by atoms with E-state index in [4.69, 9.17) is 11.6 Å². The van der Waals surface area contributed by atoms with Crippen molar-refractivity contribution in [3.05, 3.63) is 66.7 Å². The number of alkyl halides is 2. The fraction of sp³-hybridized carbons (Fsp3) is 0.333. The summed E-state index contributed by atoms with van der Waals surface area (Å²) in [5.74, 6) is 0. The van der Waals surface area contributed by atoms with Gasteiger partial charge in [-0.3, -0.25) is 0 Å². The van der Waals surface area contributed by atoms with Crippen LogP contribution in [0, 0.1) is 0 Å². The van der Waals surface area contributed by atoms with E-state index in [2.05, 4.69) is 62.4 Å². The predicted octanol–water partition coefficient (Wildman–Crippen LogP) is 5.32. The molecule has 0 nitrogen and oxygen atoms in total. The van der Waals surface area contributed by atoms with Crippen LogP contribution in [-0.2, 0) is 0 Å². The van der Waals surface area contributed by atoms with Crippen LogP contribution in [0.4, 0.5) is 4.39 Å². The number of thioether (sulfide) groups is 1. The SMILES string of the molecule is CC(C)Sc1cccc(B(CC=CC(Cl)C(C)F)c2ccccc2)c1. The van der Waals surface area contributed by atoms with Gasteiger partial charge in [0.2, 0.25) is 6.71 Å². The lowest BCUT2D eigenvalue weighted by molar-refractivity contribution is 0.369.